The van der Waals surface area contributed by atoms with Crippen molar-refractivity contribution < 1.29 is 9.53 Å². The molecule has 0 saturated heterocycles. The van der Waals surface area contributed by atoms with Crippen molar-refractivity contribution in [3.8, 4) is 0 Å². The van der Waals surface area contributed by atoms with Crippen LogP contribution in [0.5, 0.6) is 0 Å². The fraction of sp³-hybridized carbons (Fsp3) is 0.583. The summed E-state index contributed by atoms with van der Waals surface area (Å²) in [6, 6.07) is 0. The summed E-state index contributed by atoms with van der Waals surface area (Å²) in [5.41, 5.74) is 0.678. The number of fused-ring (bicyclic) bond motifs is 2. The second-order valence-electron chi connectivity index (χ2n) is 4.46. The van der Waals surface area contributed by atoms with E-state index in [1.54, 1.807) is 0 Å². The molecule has 2 aliphatic carbocycles. The Hall–Kier alpha value is -1.05. The molecule has 0 radical (unpaired) electrons. The number of hydrogen-bond acceptors (Lipinski definition) is 2. The first-order valence-corrected chi connectivity index (χ1v) is 5.12. The zero-order chi connectivity index (χ0) is 10.3. The van der Waals surface area contributed by atoms with Gasteiger partial charge >= 0.3 is 5.97 Å². The summed E-state index contributed by atoms with van der Waals surface area (Å²) in [5, 5.41) is 0. The summed E-state index contributed by atoms with van der Waals surface area (Å²) in [6.45, 7) is 9.47. The van der Waals surface area contributed by atoms with E-state index >= 15 is 0 Å². The van der Waals surface area contributed by atoms with Crippen LogP contribution in [0.25, 0.3) is 0 Å². The van der Waals surface area contributed by atoms with E-state index in [0.29, 0.717) is 11.8 Å². The Morgan fingerprint density at radius 3 is 2.86 bits per heavy atom. The zero-order valence-corrected chi connectivity index (χ0v) is 8.58. The molecule has 0 N–H and O–H groups in total. The highest BCUT2D eigenvalue weighted by Gasteiger charge is 2.53. The number of esters is 1. The molecule has 3 atom stereocenters. The van der Waals surface area contributed by atoms with Gasteiger partial charge in [-0.25, -0.2) is 4.79 Å². The van der Waals surface area contributed by atoms with Crippen LogP contribution in [0, 0.1) is 11.8 Å². The number of carbonyl (C=O) groups is 1. The van der Waals surface area contributed by atoms with Gasteiger partial charge in [-0.1, -0.05) is 13.2 Å². The van der Waals surface area contributed by atoms with Gasteiger partial charge in [0.25, 0.3) is 0 Å². The lowest BCUT2D eigenvalue weighted by Gasteiger charge is -2.35. The van der Waals surface area contributed by atoms with Crippen LogP contribution < -0.4 is 0 Å². The largest absolute Gasteiger partial charge is 0.451 e. The average molecular weight is 192 g/mol. The first-order valence-electron chi connectivity index (χ1n) is 5.12. The van der Waals surface area contributed by atoms with Crippen molar-refractivity contribution in [3.63, 3.8) is 0 Å². The molecular weight excluding hydrogens is 176 g/mol. The maximum Gasteiger partial charge on any atom is 0.331 e. The van der Waals surface area contributed by atoms with Gasteiger partial charge in [-0.15, -0.1) is 0 Å². The van der Waals surface area contributed by atoms with Gasteiger partial charge in [0.1, 0.15) is 5.60 Å². The summed E-state index contributed by atoms with van der Waals surface area (Å²) >= 11 is 0. The van der Waals surface area contributed by atoms with Crippen LogP contribution in [0.1, 0.15) is 26.2 Å². The highest BCUT2D eigenvalue weighted by molar-refractivity contribution is 5.82. The van der Waals surface area contributed by atoms with Gasteiger partial charge in [0.2, 0.25) is 0 Å². The van der Waals surface area contributed by atoms with E-state index in [1.165, 1.54) is 12.5 Å². The molecule has 2 fully saturated rings. The van der Waals surface area contributed by atoms with Crippen LogP contribution in [-0.4, -0.2) is 11.6 Å². The first-order chi connectivity index (χ1) is 6.58. The predicted octanol–water partition coefficient (Wildman–Crippen LogP) is 2.46. The quantitative estimate of drug-likeness (QED) is 0.381. The van der Waals surface area contributed by atoms with Gasteiger partial charge in [0, 0.05) is 12.0 Å². The number of carbonyl (C=O) groups excluding carboxylic acids is 1. The molecule has 0 aromatic heterocycles. The molecule has 2 rings (SSSR count). The van der Waals surface area contributed by atoms with Crippen molar-refractivity contribution in [2.45, 2.75) is 31.8 Å². The van der Waals surface area contributed by atoms with E-state index in [4.69, 9.17) is 4.74 Å². The number of ether oxygens (including phenoxy) is 1. The van der Waals surface area contributed by atoms with Crippen LogP contribution in [0.4, 0.5) is 0 Å². The molecule has 2 nitrogen and oxygen atoms in total. The van der Waals surface area contributed by atoms with Crippen LogP contribution >= 0.6 is 0 Å². The van der Waals surface area contributed by atoms with Crippen molar-refractivity contribution >= 4 is 5.97 Å². The normalized spacial score (nSPS) is 39.9. The lowest BCUT2D eigenvalue weighted by molar-refractivity contribution is -0.152. The highest BCUT2D eigenvalue weighted by atomic mass is 16.6. The Labute approximate surface area is 84.6 Å². The Morgan fingerprint density at radius 2 is 2.36 bits per heavy atom. The molecule has 0 spiro atoms. The summed E-state index contributed by atoms with van der Waals surface area (Å²) in [7, 11) is 0. The van der Waals surface area contributed by atoms with Crippen LogP contribution in [0.3, 0.4) is 0 Å². The molecule has 0 amide bonds. The third-order valence-electron chi connectivity index (χ3n) is 3.82. The predicted molar refractivity (Wildman–Crippen MR) is 54.7 cm³/mol. The summed E-state index contributed by atoms with van der Waals surface area (Å²) < 4.78 is 5.44. The zero-order valence-electron chi connectivity index (χ0n) is 8.58. The fourth-order valence-corrected chi connectivity index (χ4v) is 2.87. The minimum absolute atomic E-state index is 0.332. The van der Waals surface area contributed by atoms with Crippen molar-refractivity contribution in [2.75, 3.05) is 0 Å². The smallest absolute Gasteiger partial charge is 0.331 e. The van der Waals surface area contributed by atoms with E-state index in [1.807, 2.05) is 6.92 Å². The third kappa shape index (κ3) is 1.13. The first kappa shape index (κ1) is 9.50. The monoisotopic (exact) mass is 192 g/mol. The maximum atomic E-state index is 11.2. The van der Waals surface area contributed by atoms with Crippen molar-refractivity contribution in [3.05, 3.63) is 24.8 Å². The van der Waals surface area contributed by atoms with E-state index in [2.05, 4.69) is 13.2 Å². The molecule has 0 aromatic carbocycles. The van der Waals surface area contributed by atoms with Gasteiger partial charge in [-0.05, 0) is 37.7 Å². The maximum absolute atomic E-state index is 11.2. The van der Waals surface area contributed by atoms with Crippen molar-refractivity contribution in [1.29, 1.82) is 0 Å². The second-order valence-corrected chi connectivity index (χ2v) is 4.46. The molecule has 2 bridgehead atoms. The van der Waals surface area contributed by atoms with Gasteiger partial charge in [-0.3, -0.25) is 0 Å². The number of hydrogen-bond donors (Lipinski definition) is 0. The Morgan fingerprint density at radius 1 is 1.64 bits per heavy atom. The Bertz CT molecular complexity index is 305. The van der Waals surface area contributed by atoms with Gasteiger partial charge in [0.05, 0.1) is 0 Å². The summed E-state index contributed by atoms with van der Waals surface area (Å²) in [4.78, 5) is 11.2. The fourth-order valence-electron chi connectivity index (χ4n) is 2.87. The third-order valence-corrected chi connectivity index (χ3v) is 3.82. The van der Waals surface area contributed by atoms with Crippen LogP contribution in [0.15, 0.2) is 24.8 Å². The molecule has 0 heterocycles. The van der Waals surface area contributed by atoms with E-state index < -0.39 is 5.60 Å². The molecule has 2 saturated carbocycles. The molecule has 0 aliphatic heterocycles. The van der Waals surface area contributed by atoms with Crippen LogP contribution in [-0.2, 0) is 9.53 Å². The van der Waals surface area contributed by atoms with Gasteiger partial charge in [-0.2, -0.15) is 0 Å². The lowest BCUT2D eigenvalue weighted by Crippen LogP contribution is -2.38. The molecule has 14 heavy (non-hydrogen) atoms. The summed E-state index contributed by atoms with van der Waals surface area (Å²) in [6.07, 6.45) is 4.74. The van der Waals surface area contributed by atoms with E-state index in [0.717, 1.165) is 18.4 Å². The molecular formula is C12H16O2. The molecule has 3 unspecified atom stereocenters. The topological polar surface area (TPSA) is 26.3 Å². The number of rotatable bonds is 2. The standard InChI is InChI=1S/C12H16O2/c1-4-11(13)14-12(3)8(2)9-5-6-10(12)7-9/h4,9-10H,1-2,5-7H2,3H3. The summed E-state index contributed by atoms with van der Waals surface area (Å²) in [5.74, 6) is 0.715. The van der Waals surface area contributed by atoms with Gasteiger partial charge < -0.3 is 4.74 Å². The Kier molecular flexibility index (Phi) is 2.02. The second kappa shape index (κ2) is 2.97. The van der Waals surface area contributed by atoms with Gasteiger partial charge in [0.15, 0.2) is 0 Å². The minimum atomic E-state index is -0.422. The van der Waals surface area contributed by atoms with Crippen molar-refractivity contribution in [1.82, 2.24) is 0 Å². The SMILES string of the molecule is C=CC(=O)OC1(C)C(=C)C2CCC1C2. The molecule has 2 aliphatic rings. The molecule has 76 valence electrons. The van der Waals surface area contributed by atoms with E-state index in [-0.39, 0.29) is 5.97 Å². The molecule has 0 aromatic rings. The lowest BCUT2D eigenvalue weighted by atomic mass is 9.82. The van der Waals surface area contributed by atoms with E-state index in [9.17, 15) is 4.79 Å². The minimum Gasteiger partial charge on any atom is -0.451 e. The average Bonchev–Trinajstić information content (AvgIpc) is 2.71. The molecule has 2 heteroatoms. The Balaban J connectivity index is 2.19. The highest BCUT2D eigenvalue weighted by Crippen LogP contribution is 2.55. The van der Waals surface area contributed by atoms with Crippen molar-refractivity contribution in [2.24, 2.45) is 11.8 Å². The van der Waals surface area contributed by atoms with Crippen LogP contribution in [0.2, 0.25) is 0 Å².